The zero-order valence-corrected chi connectivity index (χ0v) is 10.3. The molecule has 3 atom stereocenters. The second kappa shape index (κ2) is 7.24. The van der Waals surface area contributed by atoms with Gasteiger partial charge in [-0.3, -0.25) is 0 Å². The van der Waals surface area contributed by atoms with E-state index in [1.807, 2.05) is 0 Å². The molecular formula is C13H27NO. The van der Waals surface area contributed by atoms with Crippen molar-refractivity contribution in [1.82, 2.24) is 5.32 Å². The minimum atomic E-state index is -0.143. The molecule has 1 fully saturated rings. The van der Waals surface area contributed by atoms with Gasteiger partial charge >= 0.3 is 0 Å². The molecule has 1 aliphatic rings. The summed E-state index contributed by atoms with van der Waals surface area (Å²) in [7, 11) is 0. The first-order chi connectivity index (χ1) is 7.22. The van der Waals surface area contributed by atoms with Crippen LogP contribution < -0.4 is 5.32 Å². The van der Waals surface area contributed by atoms with Crippen LogP contribution >= 0.6 is 0 Å². The fourth-order valence-electron chi connectivity index (χ4n) is 2.43. The molecule has 0 heterocycles. The number of aliphatic hydroxyl groups is 1. The SMILES string of the molecule is CCCC(O)CNC1CCCC(C)CC1. The highest BCUT2D eigenvalue weighted by atomic mass is 16.3. The van der Waals surface area contributed by atoms with Gasteiger partial charge in [-0.2, -0.15) is 0 Å². The van der Waals surface area contributed by atoms with Crippen LogP contribution in [0.3, 0.4) is 0 Å². The van der Waals surface area contributed by atoms with Crippen molar-refractivity contribution in [3.05, 3.63) is 0 Å². The van der Waals surface area contributed by atoms with E-state index in [1.54, 1.807) is 0 Å². The summed E-state index contributed by atoms with van der Waals surface area (Å²) in [4.78, 5) is 0. The monoisotopic (exact) mass is 213 g/mol. The van der Waals surface area contributed by atoms with Gasteiger partial charge in [-0.15, -0.1) is 0 Å². The molecule has 1 aliphatic carbocycles. The van der Waals surface area contributed by atoms with Gasteiger partial charge in [0, 0.05) is 12.6 Å². The van der Waals surface area contributed by atoms with E-state index in [4.69, 9.17) is 0 Å². The third-order valence-corrected chi connectivity index (χ3v) is 3.52. The van der Waals surface area contributed by atoms with Gasteiger partial charge in [-0.25, -0.2) is 0 Å². The highest BCUT2D eigenvalue weighted by Gasteiger charge is 2.16. The van der Waals surface area contributed by atoms with E-state index in [0.717, 1.165) is 25.3 Å². The molecule has 2 nitrogen and oxygen atoms in total. The Bertz CT molecular complexity index is 161. The molecule has 1 saturated carbocycles. The van der Waals surface area contributed by atoms with Gasteiger partial charge in [0.25, 0.3) is 0 Å². The van der Waals surface area contributed by atoms with E-state index < -0.39 is 0 Å². The van der Waals surface area contributed by atoms with Crippen molar-refractivity contribution in [2.75, 3.05) is 6.54 Å². The Morgan fingerprint density at radius 3 is 2.80 bits per heavy atom. The molecule has 1 rings (SSSR count). The van der Waals surface area contributed by atoms with Crippen LogP contribution in [0.1, 0.15) is 58.8 Å². The lowest BCUT2D eigenvalue weighted by Crippen LogP contribution is -2.35. The average molecular weight is 213 g/mol. The van der Waals surface area contributed by atoms with Crippen LogP contribution in [0.4, 0.5) is 0 Å². The number of hydrogen-bond donors (Lipinski definition) is 2. The summed E-state index contributed by atoms with van der Waals surface area (Å²) in [6.45, 7) is 5.26. The molecule has 0 bridgehead atoms. The third-order valence-electron chi connectivity index (χ3n) is 3.52. The van der Waals surface area contributed by atoms with Gasteiger partial charge in [0.2, 0.25) is 0 Å². The summed E-state index contributed by atoms with van der Waals surface area (Å²) in [6.07, 6.45) is 8.53. The normalized spacial score (nSPS) is 29.8. The molecule has 15 heavy (non-hydrogen) atoms. The topological polar surface area (TPSA) is 32.3 Å². The Morgan fingerprint density at radius 1 is 1.27 bits per heavy atom. The zero-order valence-electron chi connectivity index (χ0n) is 10.3. The predicted molar refractivity (Wildman–Crippen MR) is 65.0 cm³/mol. The molecule has 0 radical (unpaired) electrons. The predicted octanol–water partition coefficient (Wildman–Crippen LogP) is 2.71. The van der Waals surface area contributed by atoms with Crippen LogP contribution in [0.2, 0.25) is 0 Å². The highest BCUT2D eigenvalue weighted by Crippen LogP contribution is 2.22. The van der Waals surface area contributed by atoms with Crippen LogP contribution in [0.25, 0.3) is 0 Å². The molecule has 3 unspecified atom stereocenters. The van der Waals surface area contributed by atoms with Crippen LogP contribution in [0.15, 0.2) is 0 Å². The summed E-state index contributed by atoms with van der Waals surface area (Å²) in [5.41, 5.74) is 0. The Kier molecular flexibility index (Phi) is 6.26. The molecule has 0 aliphatic heterocycles. The van der Waals surface area contributed by atoms with E-state index in [0.29, 0.717) is 6.04 Å². The van der Waals surface area contributed by atoms with Gasteiger partial charge in [-0.05, 0) is 31.6 Å². The van der Waals surface area contributed by atoms with E-state index in [9.17, 15) is 5.11 Å². The Balaban J connectivity index is 2.14. The van der Waals surface area contributed by atoms with Crippen molar-refractivity contribution in [3.8, 4) is 0 Å². The Morgan fingerprint density at radius 2 is 2.07 bits per heavy atom. The number of hydrogen-bond acceptors (Lipinski definition) is 2. The van der Waals surface area contributed by atoms with E-state index >= 15 is 0 Å². The molecule has 0 aromatic heterocycles. The van der Waals surface area contributed by atoms with Gasteiger partial charge in [0.1, 0.15) is 0 Å². The largest absolute Gasteiger partial charge is 0.392 e. The molecule has 0 aromatic carbocycles. The summed E-state index contributed by atoms with van der Waals surface area (Å²) in [5, 5.41) is 13.2. The van der Waals surface area contributed by atoms with E-state index in [1.165, 1.54) is 32.1 Å². The van der Waals surface area contributed by atoms with Gasteiger partial charge in [-0.1, -0.05) is 33.1 Å². The molecule has 0 amide bonds. The number of nitrogens with one attached hydrogen (secondary N) is 1. The minimum Gasteiger partial charge on any atom is -0.392 e. The van der Waals surface area contributed by atoms with Crippen molar-refractivity contribution in [2.24, 2.45) is 5.92 Å². The van der Waals surface area contributed by atoms with Crippen molar-refractivity contribution < 1.29 is 5.11 Å². The lowest BCUT2D eigenvalue weighted by Gasteiger charge is -2.18. The third kappa shape index (κ3) is 5.53. The van der Waals surface area contributed by atoms with Crippen molar-refractivity contribution in [2.45, 2.75) is 70.9 Å². The first-order valence-electron chi connectivity index (χ1n) is 6.63. The fourth-order valence-corrected chi connectivity index (χ4v) is 2.43. The molecular weight excluding hydrogens is 186 g/mol. The quantitative estimate of drug-likeness (QED) is 0.688. The second-order valence-electron chi connectivity index (χ2n) is 5.16. The van der Waals surface area contributed by atoms with Gasteiger partial charge in [0.05, 0.1) is 6.10 Å². The van der Waals surface area contributed by atoms with Crippen molar-refractivity contribution in [1.29, 1.82) is 0 Å². The molecule has 90 valence electrons. The standard InChI is InChI=1S/C13H27NO/c1-3-5-13(15)10-14-12-7-4-6-11(2)8-9-12/h11-15H,3-10H2,1-2H3. The van der Waals surface area contributed by atoms with Crippen LogP contribution in [0.5, 0.6) is 0 Å². The first-order valence-corrected chi connectivity index (χ1v) is 6.63. The molecule has 0 saturated heterocycles. The summed E-state index contributed by atoms with van der Waals surface area (Å²) >= 11 is 0. The summed E-state index contributed by atoms with van der Waals surface area (Å²) in [6, 6.07) is 0.654. The molecule has 2 N–H and O–H groups in total. The fraction of sp³-hybridized carbons (Fsp3) is 1.00. The lowest BCUT2D eigenvalue weighted by atomic mass is 10.0. The number of rotatable bonds is 5. The smallest absolute Gasteiger partial charge is 0.0664 e. The van der Waals surface area contributed by atoms with Crippen LogP contribution in [-0.2, 0) is 0 Å². The molecule has 0 aromatic rings. The van der Waals surface area contributed by atoms with Crippen molar-refractivity contribution in [3.63, 3.8) is 0 Å². The average Bonchev–Trinajstić information content (AvgIpc) is 2.41. The first kappa shape index (κ1) is 13.0. The maximum absolute atomic E-state index is 9.64. The maximum atomic E-state index is 9.64. The van der Waals surface area contributed by atoms with Gasteiger partial charge in [0.15, 0.2) is 0 Å². The van der Waals surface area contributed by atoms with Crippen LogP contribution in [-0.4, -0.2) is 23.8 Å². The second-order valence-corrected chi connectivity index (χ2v) is 5.16. The van der Waals surface area contributed by atoms with Crippen LogP contribution in [0, 0.1) is 5.92 Å². The number of aliphatic hydroxyl groups excluding tert-OH is 1. The van der Waals surface area contributed by atoms with E-state index in [-0.39, 0.29) is 6.10 Å². The molecule has 0 spiro atoms. The van der Waals surface area contributed by atoms with Crippen molar-refractivity contribution >= 4 is 0 Å². The lowest BCUT2D eigenvalue weighted by molar-refractivity contribution is 0.155. The van der Waals surface area contributed by atoms with E-state index in [2.05, 4.69) is 19.2 Å². The maximum Gasteiger partial charge on any atom is 0.0664 e. The summed E-state index contributed by atoms with van der Waals surface area (Å²) in [5.74, 6) is 0.900. The van der Waals surface area contributed by atoms with Gasteiger partial charge < -0.3 is 10.4 Å². The minimum absolute atomic E-state index is 0.143. The summed E-state index contributed by atoms with van der Waals surface area (Å²) < 4.78 is 0. The molecule has 2 heteroatoms. The Labute approximate surface area is 94.5 Å². The zero-order chi connectivity index (χ0) is 11.1. The highest BCUT2D eigenvalue weighted by molar-refractivity contribution is 4.74. The Hall–Kier alpha value is -0.0800.